The molecule has 78 valence electrons. The third-order valence-corrected chi connectivity index (χ3v) is 2.59. The average Bonchev–Trinajstić information content (AvgIpc) is 2.26. The molecule has 1 aromatic rings. The van der Waals surface area contributed by atoms with Gasteiger partial charge in [-0.3, -0.25) is 4.79 Å². The molecule has 0 bridgehead atoms. The van der Waals surface area contributed by atoms with Crippen LogP contribution in [0.15, 0.2) is 24.3 Å². The standard InChI is InChI=1S/C12H14BClO/c1-2-3-4-11(13)12(15)9-5-7-10(14)8-6-9/h5-8,11H,2-4H2,1H3. The molecule has 1 atom stereocenters. The summed E-state index contributed by atoms with van der Waals surface area (Å²) in [6.45, 7) is 2.08. The lowest BCUT2D eigenvalue weighted by molar-refractivity contribution is 0.0980. The summed E-state index contributed by atoms with van der Waals surface area (Å²) in [6.07, 6.45) is 2.79. The Morgan fingerprint density at radius 3 is 2.53 bits per heavy atom. The second kappa shape index (κ2) is 5.97. The van der Waals surface area contributed by atoms with Gasteiger partial charge in [0, 0.05) is 10.6 Å². The predicted molar refractivity (Wildman–Crippen MR) is 64.8 cm³/mol. The van der Waals surface area contributed by atoms with Gasteiger partial charge in [-0.2, -0.15) is 0 Å². The lowest BCUT2D eigenvalue weighted by Crippen LogP contribution is -2.08. The number of hydrogen-bond acceptors (Lipinski definition) is 1. The number of hydrogen-bond donors (Lipinski definition) is 0. The molecule has 2 radical (unpaired) electrons. The Morgan fingerprint density at radius 2 is 2.00 bits per heavy atom. The number of benzene rings is 1. The Labute approximate surface area is 97.2 Å². The SMILES string of the molecule is [B]C(CCCC)C(=O)c1ccc(Cl)cc1. The number of ketones is 1. The van der Waals surface area contributed by atoms with Gasteiger partial charge in [-0.05, 0) is 30.1 Å². The molecule has 0 spiro atoms. The quantitative estimate of drug-likeness (QED) is 0.547. The van der Waals surface area contributed by atoms with Gasteiger partial charge in [-0.15, -0.1) is 0 Å². The van der Waals surface area contributed by atoms with Crippen LogP contribution in [-0.4, -0.2) is 13.6 Å². The lowest BCUT2D eigenvalue weighted by Gasteiger charge is -2.09. The third-order valence-electron chi connectivity index (χ3n) is 2.33. The second-order valence-corrected chi connectivity index (χ2v) is 4.06. The summed E-state index contributed by atoms with van der Waals surface area (Å²) in [5.74, 6) is -0.383. The molecular weight excluding hydrogens is 206 g/mol. The summed E-state index contributed by atoms with van der Waals surface area (Å²) in [6, 6.07) is 6.86. The molecule has 0 aliphatic rings. The van der Waals surface area contributed by atoms with Crippen molar-refractivity contribution < 1.29 is 4.79 Å². The molecule has 0 aromatic heterocycles. The van der Waals surface area contributed by atoms with Gasteiger partial charge in [-0.25, -0.2) is 0 Å². The van der Waals surface area contributed by atoms with E-state index in [1.54, 1.807) is 24.3 Å². The van der Waals surface area contributed by atoms with Gasteiger partial charge >= 0.3 is 0 Å². The first-order valence-corrected chi connectivity index (χ1v) is 5.58. The fraction of sp³-hybridized carbons (Fsp3) is 0.417. The fourth-order valence-electron chi connectivity index (χ4n) is 1.38. The van der Waals surface area contributed by atoms with Gasteiger partial charge in [0.05, 0.1) is 7.85 Å². The van der Waals surface area contributed by atoms with Crippen LogP contribution in [0.5, 0.6) is 0 Å². The Bertz CT molecular complexity index is 321. The van der Waals surface area contributed by atoms with Crippen LogP contribution < -0.4 is 0 Å². The van der Waals surface area contributed by atoms with Crippen LogP contribution in [0.3, 0.4) is 0 Å². The number of carbonyl (C=O) groups excluding carboxylic acids is 1. The third kappa shape index (κ3) is 3.71. The van der Waals surface area contributed by atoms with Crippen LogP contribution in [0.25, 0.3) is 0 Å². The van der Waals surface area contributed by atoms with Crippen molar-refractivity contribution in [3.63, 3.8) is 0 Å². The largest absolute Gasteiger partial charge is 0.295 e. The minimum Gasteiger partial charge on any atom is -0.295 e. The molecule has 15 heavy (non-hydrogen) atoms. The number of unbranched alkanes of at least 4 members (excludes halogenated alkanes) is 1. The maximum atomic E-state index is 11.8. The number of Topliss-reactive ketones (excluding diaryl/α,β-unsaturated/α-hetero) is 1. The molecule has 0 saturated carbocycles. The number of halogens is 1. The smallest absolute Gasteiger partial charge is 0.157 e. The maximum Gasteiger partial charge on any atom is 0.157 e. The van der Waals surface area contributed by atoms with Gasteiger partial charge in [0.2, 0.25) is 0 Å². The molecule has 3 heteroatoms. The predicted octanol–water partition coefficient (Wildman–Crippen LogP) is 3.67. The summed E-state index contributed by atoms with van der Waals surface area (Å²) in [7, 11) is 5.79. The Balaban J connectivity index is 2.63. The Hall–Kier alpha value is -0.755. The van der Waals surface area contributed by atoms with Gasteiger partial charge in [0.25, 0.3) is 0 Å². The van der Waals surface area contributed by atoms with E-state index in [1.165, 1.54) is 0 Å². The van der Waals surface area contributed by atoms with Crippen molar-refractivity contribution in [2.45, 2.75) is 32.0 Å². The van der Waals surface area contributed by atoms with Crippen LogP contribution >= 0.6 is 11.6 Å². The van der Waals surface area contributed by atoms with Crippen LogP contribution in [0.2, 0.25) is 10.8 Å². The monoisotopic (exact) mass is 220 g/mol. The normalized spacial score (nSPS) is 12.4. The summed E-state index contributed by atoms with van der Waals surface area (Å²) < 4.78 is 0. The number of rotatable bonds is 5. The lowest BCUT2D eigenvalue weighted by atomic mass is 9.77. The van der Waals surface area contributed by atoms with E-state index in [4.69, 9.17) is 19.4 Å². The van der Waals surface area contributed by atoms with E-state index in [9.17, 15) is 4.79 Å². The topological polar surface area (TPSA) is 17.1 Å². The summed E-state index contributed by atoms with van der Waals surface area (Å²) in [5.41, 5.74) is 0.642. The second-order valence-electron chi connectivity index (χ2n) is 3.62. The zero-order valence-corrected chi connectivity index (χ0v) is 9.63. The molecule has 0 N–H and O–H groups in total. The Morgan fingerprint density at radius 1 is 1.40 bits per heavy atom. The van der Waals surface area contributed by atoms with Crippen molar-refractivity contribution in [3.8, 4) is 0 Å². The molecule has 1 aromatic carbocycles. The van der Waals surface area contributed by atoms with Gasteiger partial charge in [-0.1, -0.05) is 37.8 Å². The molecule has 0 aliphatic heterocycles. The van der Waals surface area contributed by atoms with Gasteiger partial charge in [0.15, 0.2) is 5.78 Å². The van der Waals surface area contributed by atoms with Crippen molar-refractivity contribution in [2.24, 2.45) is 0 Å². The fourth-order valence-corrected chi connectivity index (χ4v) is 1.51. The van der Waals surface area contributed by atoms with E-state index in [0.29, 0.717) is 10.6 Å². The highest BCUT2D eigenvalue weighted by Gasteiger charge is 2.13. The Kier molecular flexibility index (Phi) is 4.90. The van der Waals surface area contributed by atoms with Gasteiger partial charge in [0.1, 0.15) is 0 Å². The van der Waals surface area contributed by atoms with E-state index < -0.39 is 0 Å². The maximum absolute atomic E-state index is 11.8. The summed E-state index contributed by atoms with van der Waals surface area (Å²) in [5, 5.41) is 0.633. The van der Waals surface area contributed by atoms with Crippen LogP contribution in [0, 0.1) is 0 Å². The van der Waals surface area contributed by atoms with Crippen molar-refractivity contribution in [1.82, 2.24) is 0 Å². The highest BCUT2D eigenvalue weighted by molar-refractivity contribution is 6.31. The van der Waals surface area contributed by atoms with Crippen LogP contribution in [-0.2, 0) is 0 Å². The minimum atomic E-state index is -0.383. The van der Waals surface area contributed by atoms with Crippen LogP contribution in [0.1, 0.15) is 36.5 Å². The minimum absolute atomic E-state index is 0.000108. The van der Waals surface area contributed by atoms with E-state index in [1.807, 2.05) is 0 Å². The molecule has 1 unspecified atom stereocenters. The van der Waals surface area contributed by atoms with E-state index in [-0.39, 0.29) is 11.6 Å². The van der Waals surface area contributed by atoms with Crippen molar-refractivity contribution in [2.75, 3.05) is 0 Å². The zero-order chi connectivity index (χ0) is 11.3. The van der Waals surface area contributed by atoms with Gasteiger partial charge < -0.3 is 0 Å². The molecule has 0 aliphatic carbocycles. The molecule has 1 rings (SSSR count). The first-order valence-electron chi connectivity index (χ1n) is 5.20. The van der Waals surface area contributed by atoms with E-state index >= 15 is 0 Å². The van der Waals surface area contributed by atoms with Crippen molar-refractivity contribution >= 4 is 25.2 Å². The number of carbonyl (C=O) groups is 1. The first-order chi connectivity index (χ1) is 7.15. The highest BCUT2D eigenvalue weighted by Crippen LogP contribution is 2.19. The highest BCUT2D eigenvalue weighted by atomic mass is 35.5. The summed E-state index contributed by atoms with van der Waals surface area (Å²) >= 11 is 5.74. The van der Waals surface area contributed by atoms with E-state index in [0.717, 1.165) is 19.3 Å². The van der Waals surface area contributed by atoms with Crippen molar-refractivity contribution in [3.05, 3.63) is 34.9 Å². The molecule has 0 saturated heterocycles. The molecule has 0 amide bonds. The summed E-state index contributed by atoms with van der Waals surface area (Å²) in [4.78, 5) is 11.8. The first kappa shape index (κ1) is 12.3. The molecule has 0 heterocycles. The zero-order valence-electron chi connectivity index (χ0n) is 8.87. The molecule has 0 fully saturated rings. The molecule has 1 nitrogen and oxygen atoms in total. The average molecular weight is 221 g/mol. The van der Waals surface area contributed by atoms with Crippen molar-refractivity contribution in [1.29, 1.82) is 0 Å². The molecular formula is C12H14BClO. The van der Waals surface area contributed by atoms with E-state index in [2.05, 4.69) is 6.92 Å². The van der Waals surface area contributed by atoms with Crippen LogP contribution in [0.4, 0.5) is 0 Å².